The number of hydrogen-bond acceptors (Lipinski definition) is 4. The predicted octanol–water partition coefficient (Wildman–Crippen LogP) is 2.52. The number of aryl methyl sites for hydroxylation is 2. The van der Waals surface area contributed by atoms with Crippen LogP contribution in [0.15, 0.2) is 12.1 Å². The molecule has 1 aromatic heterocycles. The van der Waals surface area contributed by atoms with Gasteiger partial charge in [0.05, 0.1) is 5.69 Å². The molecular weight excluding hydrogens is 238 g/mol. The molecule has 1 saturated carbocycles. The van der Waals surface area contributed by atoms with Crippen LogP contribution in [0.3, 0.4) is 0 Å². The van der Waals surface area contributed by atoms with Crippen LogP contribution in [0.25, 0.3) is 5.69 Å². The Labute approximate surface area is 112 Å². The van der Waals surface area contributed by atoms with Crippen LogP contribution in [-0.2, 0) is 0 Å². The second-order valence-corrected chi connectivity index (χ2v) is 5.43. The SMILES string of the molecule is Cc1cc(C)c(-n2nnnc2C2CCCC2)cc1N. The molecule has 1 aliphatic rings. The Morgan fingerprint density at radius 3 is 2.63 bits per heavy atom. The van der Waals surface area contributed by atoms with E-state index >= 15 is 0 Å². The van der Waals surface area contributed by atoms with Gasteiger partial charge in [-0.15, -0.1) is 5.10 Å². The number of nitrogen functional groups attached to an aromatic ring is 1. The quantitative estimate of drug-likeness (QED) is 0.839. The number of benzene rings is 1. The molecule has 1 fully saturated rings. The van der Waals surface area contributed by atoms with E-state index in [4.69, 9.17) is 5.73 Å². The standard InChI is InChI=1S/C14H19N5/c1-9-7-10(2)13(8-12(9)15)19-14(16-17-18-19)11-5-3-4-6-11/h7-8,11H,3-6,15H2,1-2H3. The van der Waals surface area contributed by atoms with Gasteiger partial charge in [0.2, 0.25) is 0 Å². The van der Waals surface area contributed by atoms with Crippen molar-refractivity contribution in [2.24, 2.45) is 0 Å². The molecule has 0 bridgehead atoms. The van der Waals surface area contributed by atoms with E-state index in [1.807, 2.05) is 17.7 Å². The van der Waals surface area contributed by atoms with Crippen LogP contribution in [0.4, 0.5) is 5.69 Å². The smallest absolute Gasteiger partial charge is 0.159 e. The molecule has 0 unspecified atom stereocenters. The number of tetrazole rings is 1. The van der Waals surface area contributed by atoms with Crippen molar-refractivity contribution in [2.45, 2.75) is 45.4 Å². The summed E-state index contributed by atoms with van der Waals surface area (Å²) < 4.78 is 1.86. The summed E-state index contributed by atoms with van der Waals surface area (Å²) in [6, 6.07) is 4.06. The fraction of sp³-hybridized carbons (Fsp3) is 0.500. The summed E-state index contributed by atoms with van der Waals surface area (Å²) in [6.07, 6.45) is 4.90. The summed E-state index contributed by atoms with van der Waals surface area (Å²) in [4.78, 5) is 0. The monoisotopic (exact) mass is 257 g/mol. The van der Waals surface area contributed by atoms with Crippen molar-refractivity contribution in [3.05, 3.63) is 29.1 Å². The molecule has 100 valence electrons. The second-order valence-electron chi connectivity index (χ2n) is 5.43. The maximum absolute atomic E-state index is 6.02. The van der Waals surface area contributed by atoms with E-state index in [2.05, 4.69) is 28.5 Å². The molecule has 0 radical (unpaired) electrons. The van der Waals surface area contributed by atoms with E-state index in [-0.39, 0.29) is 0 Å². The summed E-state index contributed by atoms with van der Waals surface area (Å²) >= 11 is 0. The van der Waals surface area contributed by atoms with E-state index in [9.17, 15) is 0 Å². The third-order valence-corrected chi connectivity index (χ3v) is 4.03. The molecule has 2 N–H and O–H groups in total. The Hall–Kier alpha value is -1.91. The van der Waals surface area contributed by atoms with E-state index in [1.54, 1.807) is 0 Å². The molecule has 0 spiro atoms. The first-order valence-electron chi connectivity index (χ1n) is 6.82. The van der Waals surface area contributed by atoms with E-state index in [0.29, 0.717) is 5.92 Å². The molecular formula is C14H19N5. The molecule has 0 aliphatic heterocycles. The van der Waals surface area contributed by atoms with Crippen LogP contribution in [-0.4, -0.2) is 20.2 Å². The lowest BCUT2D eigenvalue weighted by atomic mass is 10.1. The molecule has 1 aliphatic carbocycles. The normalized spacial score (nSPS) is 16.1. The zero-order valence-corrected chi connectivity index (χ0v) is 11.4. The highest BCUT2D eigenvalue weighted by molar-refractivity contribution is 5.57. The van der Waals surface area contributed by atoms with Crippen LogP contribution in [0.1, 0.15) is 48.6 Å². The summed E-state index contributed by atoms with van der Waals surface area (Å²) in [5.74, 6) is 1.46. The highest BCUT2D eigenvalue weighted by Crippen LogP contribution is 2.34. The van der Waals surface area contributed by atoms with Crippen LogP contribution >= 0.6 is 0 Å². The fourth-order valence-corrected chi connectivity index (χ4v) is 2.89. The average Bonchev–Trinajstić information content (AvgIpc) is 3.03. The number of nitrogens with two attached hydrogens (primary N) is 1. The zero-order valence-electron chi connectivity index (χ0n) is 11.4. The van der Waals surface area contributed by atoms with E-state index in [1.165, 1.54) is 25.7 Å². The van der Waals surface area contributed by atoms with Crippen LogP contribution in [0.5, 0.6) is 0 Å². The van der Waals surface area contributed by atoms with Gasteiger partial charge >= 0.3 is 0 Å². The highest BCUT2D eigenvalue weighted by atomic mass is 15.5. The number of hydrogen-bond donors (Lipinski definition) is 1. The molecule has 0 atom stereocenters. The van der Waals surface area contributed by atoms with Crippen molar-refractivity contribution >= 4 is 5.69 Å². The van der Waals surface area contributed by atoms with Crippen LogP contribution < -0.4 is 5.73 Å². The minimum Gasteiger partial charge on any atom is -0.398 e. The van der Waals surface area contributed by atoms with Gasteiger partial charge in [-0.05, 0) is 54.3 Å². The number of rotatable bonds is 2. The molecule has 0 amide bonds. The lowest BCUT2D eigenvalue weighted by Gasteiger charge is -2.13. The van der Waals surface area contributed by atoms with Crippen LogP contribution in [0.2, 0.25) is 0 Å². The Bertz CT molecular complexity index is 596. The molecule has 1 aromatic carbocycles. The molecule has 5 heteroatoms. The highest BCUT2D eigenvalue weighted by Gasteiger charge is 2.24. The first-order chi connectivity index (χ1) is 9.16. The van der Waals surface area contributed by atoms with Gasteiger partial charge in [-0.25, -0.2) is 0 Å². The van der Waals surface area contributed by atoms with E-state index < -0.39 is 0 Å². The number of anilines is 1. The van der Waals surface area contributed by atoms with Crippen molar-refractivity contribution in [3.8, 4) is 5.69 Å². The lowest BCUT2D eigenvalue weighted by molar-refractivity contribution is 0.635. The Balaban J connectivity index is 2.07. The Kier molecular flexibility index (Phi) is 2.97. The second kappa shape index (κ2) is 4.64. The summed E-state index contributed by atoms with van der Waals surface area (Å²) in [6.45, 7) is 4.09. The molecule has 0 saturated heterocycles. The zero-order chi connectivity index (χ0) is 13.4. The van der Waals surface area contributed by atoms with Crippen molar-refractivity contribution in [2.75, 3.05) is 5.73 Å². The molecule has 5 nitrogen and oxygen atoms in total. The van der Waals surface area contributed by atoms with Crippen molar-refractivity contribution in [1.82, 2.24) is 20.2 Å². The van der Waals surface area contributed by atoms with E-state index in [0.717, 1.165) is 28.3 Å². The van der Waals surface area contributed by atoms with Crippen molar-refractivity contribution < 1.29 is 0 Å². The molecule has 3 rings (SSSR count). The Morgan fingerprint density at radius 2 is 1.89 bits per heavy atom. The van der Waals surface area contributed by atoms with Crippen molar-refractivity contribution in [3.63, 3.8) is 0 Å². The number of nitrogens with zero attached hydrogens (tertiary/aromatic N) is 4. The predicted molar refractivity (Wildman–Crippen MR) is 74.2 cm³/mol. The van der Waals surface area contributed by atoms with Gasteiger partial charge in [-0.3, -0.25) is 0 Å². The first-order valence-corrected chi connectivity index (χ1v) is 6.82. The van der Waals surface area contributed by atoms with Gasteiger partial charge in [0.1, 0.15) is 0 Å². The van der Waals surface area contributed by atoms with Gasteiger partial charge < -0.3 is 5.73 Å². The average molecular weight is 257 g/mol. The minimum atomic E-state index is 0.483. The van der Waals surface area contributed by atoms with Gasteiger partial charge in [-0.2, -0.15) is 4.68 Å². The largest absolute Gasteiger partial charge is 0.398 e. The first kappa shape index (κ1) is 12.1. The molecule has 2 aromatic rings. The minimum absolute atomic E-state index is 0.483. The maximum atomic E-state index is 6.02. The fourth-order valence-electron chi connectivity index (χ4n) is 2.89. The summed E-state index contributed by atoms with van der Waals surface area (Å²) in [5, 5.41) is 12.2. The van der Waals surface area contributed by atoms with Gasteiger partial charge in [0, 0.05) is 11.6 Å². The molecule has 1 heterocycles. The van der Waals surface area contributed by atoms with Gasteiger partial charge in [0.15, 0.2) is 5.82 Å². The summed E-state index contributed by atoms with van der Waals surface area (Å²) in [5.41, 5.74) is 10.0. The third-order valence-electron chi connectivity index (χ3n) is 4.03. The van der Waals surface area contributed by atoms with Crippen LogP contribution in [0, 0.1) is 13.8 Å². The topological polar surface area (TPSA) is 69.6 Å². The lowest BCUT2D eigenvalue weighted by Crippen LogP contribution is -2.09. The van der Waals surface area contributed by atoms with Crippen molar-refractivity contribution in [1.29, 1.82) is 0 Å². The third kappa shape index (κ3) is 2.09. The Morgan fingerprint density at radius 1 is 1.16 bits per heavy atom. The number of aromatic nitrogens is 4. The summed E-state index contributed by atoms with van der Waals surface area (Å²) in [7, 11) is 0. The molecule has 19 heavy (non-hydrogen) atoms. The van der Waals surface area contributed by atoms with Gasteiger partial charge in [-0.1, -0.05) is 18.9 Å². The maximum Gasteiger partial charge on any atom is 0.159 e. The van der Waals surface area contributed by atoms with Gasteiger partial charge in [0.25, 0.3) is 0 Å².